The molecule has 1 atom stereocenters. The molecule has 0 fully saturated rings. The molecular formula is C5H7ClOS. The molecule has 0 saturated heterocycles. The summed E-state index contributed by atoms with van der Waals surface area (Å²) in [6.45, 7) is 0. The lowest BCUT2D eigenvalue weighted by molar-refractivity contribution is 0.259. The molecule has 1 rings (SSSR count). The fourth-order valence-electron chi connectivity index (χ4n) is 0.376. The molecule has 0 aliphatic carbocycles. The maximum absolute atomic E-state index is 4.87. The van der Waals surface area contributed by atoms with Crippen LogP contribution in [0.15, 0.2) is 24.5 Å². The van der Waals surface area contributed by atoms with Crippen molar-refractivity contribution in [3.8, 4) is 0 Å². The molecule has 0 N–H and O–H groups in total. The van der Waals surface area contributed by atoms with Crippen LogP contribution in [0.2, 0.25) is 0 Å². The molecule has 0 aromatic rings. The first kappa shape index (κ1) is 7.92. The lowest BCUT2D eigenvalue weighted by atomic mass is 10.4. The number of hydrogen-bond donors (Lipinski definition) is 1. The van der Waals surface area contributed by atoms with E-state index in [1.165, 1.54) is 0 Å². The number of ether oxygens (including phenoxy) is 1. The number of rotatable bonds is 0. The van der Waals surface area contributed by atoms with Gasteiger partial charge in [0.05, 0.1) is 6.26 Å². The highest BCUT2D eigenvalue weighted by Gasteiger charge is 1.93. The van der Waals surface area contributed by atoms with Crippen LogP contribution in [0.3, 0.4) is 0 Å². The van der Waals surface area contributed by atoms with Gasteiger partial charge in [-0.1, -0.05) is 6.08 Å². The maximum Gasteiger partial charge on any atom is 0.159 e. The lowest BCUT2D eigenvalue weighted by Crippen LogP contribution is -1.96. The zero-order chi connectivity index (χ0) is 5.11. The third-order valence-corrected chi connectivity index (χ3v) is 0.977. The molecule has 46 valence electrons. The summed E-state index contributed by atoms with van der Waals surface area (Å²) in [5, 5.41) is 0. The molecule has 3 heteroatoms. The molecular weight excluding hydrogens is 144 g/mol. The molecule has 1 aliphatic heterocycles. The SMILES string of the molecule is Cl.SC1C=CC=CO1. The van der Waals surface area contributed by atoms with Crippen LogP contribution in [-0.4, -0.2) is 5.44 Å². The summed E-state index contributed by atoms with van der Waals surface area (Å²) in [6.07, 6.45) is 7.22. The highest BCUT2D eigenvalue weighted by molar-refractivity contribution is 7.80. The van der Waals surface area contributed by atoms with Crippen molar-refractivity contribution >= 4 is 25.0 Å². The van der Waals surface area contributed by atoms with E-state index in [-0.39, 0.29) is 17.8 Å². The average Bonchev–Trinajstić information content (AvgIpc) is 1.69. The van der Waals surface area contributed by atoms with E-state index in [0.717, 1.165) is 0 Å². The molecule has 1 aliphatic rings. The molecule has 0 bridgehead atoms. The predicted molar refractivity (Wildman–Crippen MR) is 39.4 cm³/mol. The molecule has 0 amide bonds. The zero-order valence-electron chi connectivity index (χ0n) is 4.15. The van der Waals surface area contributed by atoms with Crippen LogP contribution in [0.5, 0.6) is 0 Å². The monoisotopic (exact) mass is 150 g/mol. The van der Waals surface area contributed by atoms with Crippen LogP contribution in [0, 0.1) is 0 Å². The van der Waals surface area contributed by atoms with Crippen LogP contribution in [0.1, 0.15) is 0 Å². The number of halogens is 1. The Bertz CT molecular complexity index is 111. The van der Waals surface area contributed by atoms with Gasteiger partial charge in [0.1, 0.15) is 0 Å². The summed E-state index contributed by atoms with van der Waals surface area (Å²) in [6, 6.07) is 0. The van der Waals surface area contributed by atoms with Gasteiger partial charge in [-0.3, -0.25) is 0 Å². The summed E-state index contributed by atoms with van der Waals surface area (Å²) < 4.78 is 4.87. The fourth-order valence-corrected chi connectivity index (χ4v) is 0.545. The molecule has 1 heterocycles. The van der Waals surface area contributed by atoms with Crippen molar-refractivity contribution in [2.45, 2.75) is 5.44 Å². The van der Waals surface area contributed by atoms with E-state index in [1.54, 1.807) is 6.26 Å². The minimum Gasteiger partial charge on any atom is -0.483 e. The predicted octanol–water partition coefficient (Wildman–Crippen LogP) is 1.76. The molecule has 0 aromatic heterocycles. The van der Waals surface area contributed by atoms with E-state index in [4.69, 9.17) is 4.74 Å². The number of allylic oxidation sites excluding steroid dienone is 2. The zero-order valence-corrected chi connectivity index (χ0v) is 5.86. The van der Waals surface area contributed by atoms with Gasteiger partial charge in [0.2, 0.25) is 0 Å². The Morgan fingerprint density at radius 3 is 2.38 bits per heavy atom. The van der Waals surface area contributed by atoms with Crippen molar-refractivity contribution in [2.24, 2.45) is 0 Å². The minimum absolute atomic E-state index is 0. The summed E-state index contributed by atoms with van der Waals surface area (Å²) in [5.41, 5.74) is -0.0370. The molecule has 0 aromatic carbocycles. The molecule has 1 unspecified atom stereocenters. The first-order valence-electron chi connectivity index (χ1n) is 2.06. The molecule has 1 nitrogen and oxygen atoms in total. The summed E-state index contributed by atoms with van der Waals surface area (Å²) in [4.78, 5) is 0. The van der Waals surface area contributed by atoms with E-state index in [1.807, 2.05) is 18.2 Å². The Balaban J connectivity index is 0.000000490. The Morgan fingerprint density at radius 1 is 1.38 bits per heavy atom. The third-order valence-electron chi connectivity index (χ3n) is 0.683. The van der Waals surface area contributed by atoms with Gasteiger partial charge < -0.3 is 4.74 Å². The highest BCUT2D eigenvalue weighted by atomic mass is 35.5. The van der Waals surface area contributed by atoms with Gasteiger partial charge in [-0.2, -0.15) is 0 Å². The van der Waals surface area contributed by atoms with Gasteiger partial charge in [0, 0.05) is 0 Å². The van der Waals surface area contributed by atoms with E-state index in [2.05, 4.69) is 12.6 Å². The Hall–Kier alpha value is -0.0800. The van der Waals surface area contributed by atoms with Gasteiger partial charge >= 0.3 is 0 Å². The summed E-state index contributed by atoms with van der Waals surface area (Å²) in [7, 11) is 0. The van der Waals surface area contributed by atoms with Crippen LogP contribution in [0.25, 0.3) is 0 Å². The largest absolute Gasteiger partial charge is 0.483 e. The van der Waals surface area contributed by atoms with Crippen molar-refractivity contribution in [3.63, 3.8) is 0 Å². The molecule has 0 saturated carbocycles. The van der Waals surface area contributed by atoms with Crippen LogP contribution < -0.4 is 0 Å². The topological polar surface area (TPSA) is 9.23 Å². The molecule has 0 spiro atoms. The second-order valence-corrected chi connectivity index (χ2v) is 1.75. The Morgan fingerprint density at radius 2 is 2.12 bits per heavy atom. The van der Waals surface area contributed by atoms with Crippen LogP contribution in [-0.2, 0) is 4.74 Å². The third kappa shape index (κ3) is 2.28. The smallest absolute Gasteiger partial charge is 0.159 e. The first-order chi connectivity index (χ1) is 3.39. The van der Waals surface area contributed by atoms with Gasteiger partial charge in [-0.15, -0.1) is 25.0 Å². The first-order valence-corrected chi connectivity index (χ1v) is 2.58. The Kier molecular flexibility index (Phi) is 3.83. The van der Waals surface area contributed by atoms with Crippen molar-refractivity contribution in [3.05, 3.63) is 24.5 Å². The maximum atomic E-state index is 4.87. The van der Waals surface area contributed by atoms with Crippen LogP contribution >= 0.6 is 25.0 Å². The van der Waals surface area contributed by atoms with E-state index in [9.17, 15) is 0 Å². The highest BCUT2D eigenvalue weighted by Crippen LogP contribution is 2.03. The minimum atomic E-state index is -0.0370. The van der Waals surface area contributed by atoms with Gasteiger partial charge in [-0.05, 0) is 12.2 Å². The van der Waals surface area contributed by atoms with Gasteiger partial charge in [-0.25, -0.2) is 0 Å². The average molecular weight is 151 g/mol. The summed E-state index contributed by atoms with van der Waals surface area (Å²) >= 11 is 4.00. The van der Waals surface area contributed by atoms with Crippen molar-refractivity contribution < 1.29 is 4.74 Å². The van der Waals surface area contributed by atoms with Gasteiger partial charge in [0.15, 0.2) is 5.44 Å². The number of hydrogen-bond acceptors (Lipinski definition) is 2. The molecule has 0 radical (unpaired) electrons. The van der Waals surface area contributed by atoms with Crippen LogP contribution in [0.4, 0.5) is 0 Å². The van der Waals surface area contributed by atoms with Crippen molar-refractivity contribution in [1.82, 2.24) is 0 Å². The summed E-state index contributed by atoms with van der Waals surface area (Å²) in [5.74, 6) is 0. The van der Waals surface area contributed by atoms with E-state index < -0.39 is 0 Å². The number of thiol groups is 1. The van der Waals surface area contributed by atoms with E-state index in [0.29, 0.717) is 0 Å². The van der Waals surface area contributed by atoms with Crippen molar-refractivity contribution in [2.75, 3.05) is 0 Å². The van der Waals surface area contributed by atoms with Crippen molar-refractivity contribution in [1.29, 1.82) is 0 Å². The second kappa shape index (κ2) is 3.87. The fraction of sp³-hybridized carbons (Fsp3) is 0.200. The normalized spacial score (nSPS) is 23.9. The molecule has 8 heavy (non-hydrogen) atoms. The Labute approximate surface area is 60.2 Å². The quantitative estimate of drug-likeness (QED) is 0.518. The standard InChI is InChI=1S/C5H6OS.ClH/c7-5-3-1-2-4-6-5;/h1-5,7H;1H. The second-order valence-electron chi connectivity index (χ2n) is 1.24. The van der Waals surface area contributed by atoms with E-state index >= 15 is 0 Å². The lowest BCUT2D eigenvalue weighted by Gasteiger charge is -2.05. The van der Waals surface area contributed by atoms with Gasteiger partial charge in [0.25, 0.3) is 0 Å².